The molecule has 6 nitrogen and oxygen atoms in total. The highest BCUT2D eigenvalue weighted by molar-refractivity contribution is 6.29. The number of nitrogens with one attached hydrogen (secondary N) is 1. The van der Waals surface area contributed by atoms with Crippen molar-refractivity contribution < 1.29 is 23.0 Å². The van der Waals surface area contributed by atoms with Gasteiger partial charge in [0.05, 0.1) is 18.4 Å². The number of nitrogens with zero attached hydrogens (tertiary/aromatic N) is 3. The number of aliphatic hydroxyl groups excluding tert-OH is 1. The van der Waals surface area contributed by atoms with Gasteiger partial charge in [0.15, 0.2) is 0 Å². The second kappa shape index (κ2) is 10.5. The summed E-state index contributed by atoms with van der Waals surface area (Å²) in [6.07, 6.45) is 0.592. The van der Waals surface area contributed by atoms with Gasteiger partial charge in [-0.3, -0.25) is 9.88 Å². The van der Waals surface area contributed by atoms with Crippen molar-refractivity contribution in [2.45, 2.75) is 44.5 Å². The first-order valence-corrected chi connectivity index (χ1v) is 10.6. The Balaban J connectivity index is 1.62. The van der Waals surface area contributed by atoms with Gasteiger partial charge in [-0.15, -0.1) is 0 Å². The topological polar surface area (TPSA) is 70.5 Å². The van der Waals surface area contributed by atoms with Crippen molar-refractivity contribution in [1.82, 2.24) is 14.9 Å². The lowest BCUT2D eigenvalue weighted by Gasteiger charge is -2.32. The molecular weight excluding hydrogens is 433 g/mol. The quantitative estimate of drug-likeness (QED) is 0.572. The lowest BCUT2D eigenvalue weighted by Crippen LogP contribution is -2.42. The van der Waals surface area contributed by atoms with E-state index in [0.717, 1.165) is 11.3 Å². The van der Waals surface area contributed by atoms with Crippen LogP contribution in [0.4, 0.5) is 18.9 Å². The van der Waals surface area contributed by atoms with Gasteiger partial charge in [0.2, 0.25) is 0 Å². The van der Waals surface area contributed by atoms with Crippen molar-refractivity contribution in [3.05, 3.63) is 35.7 Å². The van der Waals surface area contributed by atoms with E-state index >= 15 is 0 Å². The summed E-state index contributed by atoms with van der Waals surface area (Å²) in [4.78, 5) is 10.0. The average molecular weight is 459 g/mol. The highest BCUT2D eigenvalue weighted by Crippen LogP contribution is 2.30. The summed E-state index contributed by atoms with van der Waals surface area (Å²) in [7, 11) is 0. The molecule has 2 aromatic rings. The molecule has 2 N–H and O–H groups in total. The van der Waals surface area contributed by atoms with Crippen molar-refractivity contribution in [2.75, 3.05) is 31.6 Å². The van der Waals surface area contributed by atoms with Crippen LogP contribution in [-0.2, 0) is 0 Å². The predicted octanol–water partition coefficient (Wildman–Crippen LogP) is 4.39. The van der Waals surface area contributed by atoms with E-state index in [1.807, 2.05) is 6.92 Å². The van der Waals surface area contributed by atoms with Crippen molar-refractivity contribution >= 4 is 17.3 Å². The molecular formula is C21H26ClF3N4O2. The Labute approximate surface area is 184 Å². The largest absolute Gasteiger partial charge is 0.489 e. The van der Waals surface area contributed by atoms with Gasteiger partial charge in [0, 0.05) is 43.2 Å². The standard InChI is InChI=1S/C21H26ClF3N4O2/c1-14(6-9-30)28-19-10-20(22)27-12-17(19)18-3-2-16(11-26-18)31-15-4-7-29(8-5-15)13-21(23,24)25/h2-3,10-12,14-15,30H,4-9,13H2,1H3,(H,27,28)/t14-/m0/s1. The molecule has 10 heteroatoms. The Morgan fingerprint density at radius 2 is 2.00 bits per heavy atom. The molecule has 170 valence electrons. The normalized spacial score (nSPS) is 16.8. The molecule has 1 aliphatic heterocycles. The van der Waals surface area contributed by atoms with Gasteiger partial charge in [-0.1, -0.05) is 11.6 Å². The van der Waals surface area contributed by atoms with Gasteiger partial charge < -0.3 is 15.2 Å². The summed E-state index contributed by atoms with van der Waals surface area (Å²) in [6.45, 7) is 1.86. The predicted molar refractivity (Wildman–Crippen MR) is 113 cm³/mol. The van der Waals surface area contributed by atoms with Crippen molar-refractivity contribution in [1.29, 1.82) is 0 Å². The minimum atomic E-state index is -4.17. The maximum absolute atomic E-state index is 12.5. The zero-order valence-electron chi connectivity index (χ0n) is 17.2. The molecule has 3 heterocycles. The van der Waals surface area contributed by atoms with Crippen LogP contribution in [0.2, 0.25) is 5.15 Å². The van der Waals surface area contributed by atoms with Crippen LogP contribution in [0.5, 0.6) is 5.75 Å². The smallest absolute Gasteiger partial charge is 0.401 e. The van der Waals surface area contributed by atoms with Gasteiger partial charge >= 0.3 is 6.18 Å². The summed E-state index contributed by atoms with van der Waals surface area (Å²) < 4.78 is 43.5. The minimum absolute atomic E-state index is 0.0352. The van der Waals surface area contributed by atoms with E-state index < -0.39 is 12.7 Å². The van der Waals surface area contributed by atoms with Gasteiger partial charge in [0.25, 0.3) is 0 Å². The molecule has 0 unspecified atom stereocenters. The molecule has 1 saturated heterocycles. The lowest BCUT2D eigenvalue weighted by molar-refractivity contribution is -0.149. The summed E-state index contributed by atoms with van der Waals surface area (Å²) in [5, 5.41) is 12.8. The Morgan fingerprint density at radius 1 is 1.26 bits per heavy atom. The highest BCUT2D eigenvalue weighted by atomic mass is 35.5. The Hall–Kier alpha value is -2.10. The molecule has 2 aromatic heterocycles. The summed E-state index contributed by atoms with van der Waals surface area (Å²) in [6, 6.07) is 5.35. The maximum atomic E-state index is 12.5. The number of anilines is 1. The number of ether oxygens (including phenoxy) is 1. The second-order valence-corrected chi connectivity index (χ2v) is 8.09. The number of rotatable bonds is 8. The van der Waals surface area contributed by atoms with E-state index in [-0.39, 0.29) is 18.8 Å². The minimum Gasteiger partial charge on any atom is -0.489 e. The molecule has 1 fully saturated rings. The number of hydrogen-bond acceptors (Lipinski definition) is 6. The van der Waals surface area contributed by atoms with Gasteiger partial charge in [-0.2, -0.15) is 13.2 Å². The molecule has 3 rings (SSSR count). The van der Waals surface area contributed by atoms with Gasteiger partial charge in [-0.25, -0.2) is 4.98 Å². The first-order valence-electron chi connectivity index (χ1n) is 10.2. The zero-order chi connectivity index (χ0) is 22.4. The maximum Gasteiger partial charge on any atom is 0.401 e. The Bertz CT molecular complexity index is 844. The fraction of sp³-hybridized carbons (Fsp3) is 0.524. The molecule has 0 radical (unpaired) electrons. The van der Waals surface area contributed by atoms with E-state index in [4.69, 9.17) is 21.4 Å². The van der Waals surface area contributed by atoms with Crippen molar-refractivity contribution in [2.24, 2.45) is 0 Å². The second-order valence-electron chi connectivity index (χ2n) is 7.70. The number of likely N-dealkylation sites (tertiary alicyclic amines) is 1. The summed E-state index contributed by atoms with van der Waals surface area (Å²) in [5.41, 5.74) is 2.20. The Morgan fingerprint density at radius 3 is 2.61 bits per heavy atom. The van der Waals surface area contributed by atoms with E-state index in [9.17, 15) is 13.2 Å². The first-order chi connectivity index (χ1) is 14.7. The average Bonchev–Trinajstić information content (AvgIpc) is 2.69. The third-order valence-electron chi connectivity index (χ3n) is 5.09. The van der Waals surface area contributed by atoms with Crippen LogP contribution in [-0.4, -0.2) is 64.5 Å². The van der Waals surface area contributed by atoms with E-state index in [2.05, 4.69) is 15.3 Å². The molecule has 0 saturated carbocycles. The van der Waals surface area contributed by atoms with Crippen molar-refractivity contribution in [3.63, 3.8) is 0 Å². The molecule has 1 aliphatic rings. The van der Waals surface area contributed by atoms with Crippen LogP contribution in [0.3, 0.4) is 0 Å². The first kappa shape index (κ1) is 23.6. The van der Waals surface area contributed by atoms with Crippen LogP contribution in [0.15, 0.2) is 30.6 Å². The molecule has 0 spiro atoms. The molecule has 0 aliphatic carbocycles. The van der Waals surface area contributed by atoms with Crippen molar-refractivity contribution in [3.8, 4) is 17.0 Å². The van der Waals surface area contributed by atoms with Crippen LogP contribution >= 0.6 is 11.6 Å². The molecule has 0 bridgehead atoms. The fourth-order valence-electron chi connectivity index (χ4n) is 3.53. The lowest BCUT2D eigenvalue weighted by atomic mass is 10.1. The van der Waals surface area contributed by atoms with Crippen LogP contribution in [0.25, 0.3) is 11.3 Å². The van der Waals surface area contributed by atoms with Crippen LogP contribution in [0, 0.1) is 0 Å². The van der Waals surface area contributed by atoms with Gasteiger partial charge in [0.1, 0.15) is 17.0 Å². The van der Waals surface area contributed by atoms with Crippen LogP contribution in [0.1, 0.15) is 26.2 Å². The number of halogens is 4. The number of aliphatic hydroxyl groups is 1. The van der Waals surface area contributed by atoms with Gasteiger partial charge in [-0.05, 0) is 44.4 Å². The molecule has 31 heavy (non-hydrogen) atoms. The fourth-order valence-corrected chi connectivity index (χ4v) is 3.68. The van der Waals surface area contributed by atoms with Crippen LogP contribution < -0.4 is 10.1 Å². The monoisotopic (exact) mass is 458 g/mol. The molecule has 0 amide bonds. The zero-order valence-corrected chi connectivity index (χ0v) is 18.0. The number of pyridine rings is 2. The number of piperidine rings is 1. The number of aromatic nitrogens is 2. The third-order valence-corrected chi connectivity index (χ3v) is 5.29. The molecule has 1 atom stereocenters. The number of hydrogen-bond donors (Lipinski definition) is 2. The summed E-state index contributed by atoms with van der Waals surface area (Å²) in [5.74, 6) is 0.572. The Kier molecular flexibility index (Phi) is 7.96. The number of alkyl halides is 3. The van der Waals surface area contributed by atoms with E-state index in [0.29, 0.717) is 48.9 Å². The molecule has 0 aromatic carbocycles. The highest BCUT2D eigenvalue weighted by Gasteiger charge is 2.32. The third kappa shape index (κ3) is 7.22. The SMILES string of the molecule is C[C@@H](CCO)Nc1cc(Cl)ncc1-c1ccc(OC2CCN(CC(F)(F)F)CC2)cn1. The van der Waals surface area contributed by atoms with E-state index in [1.165, 1.54) is 4.90 Å². The summed E-state index contributed by atoms with van der Waals surface area (Å²) >= 11 is 6.04. The van der Waals surface area contributed by atoms with E-state index in [1.54, 1.807) is 30.6 Å².